The predicted molar refractivity (Wildman–Crippen MR) is 144 cm³/mol. The Hall–Kier alpha value is -3.71. The fourth-order valence-corrected chi connectivity index (χ4v) is 4.80. The van der Waals surface area contributed by atoms with E-state index in [0.29, 0.717) is 37.6 Å². The van der Waals surface area contributed by atoms with Gasteiger partial charge in [0.15, 0.2) is 12.5 Å². The quantitative estimate of drug-likeness (QED) is 0.293. The first kappa shape index (κ1) is 26.4. The van der Waals surface area contributed by atoms with Crippen molar-refractivity contribution >= 4 is 36.1 Å². The van der Waals surface area contributed by atoms with E-state index in [0.717, 1.165) is 17.5 Å². The zero-order valence-electron chi connectivity index (χ0n) is 20.4. The summed E-state index contributed by atoms with van der Waals surface area (Å²) in [6.07, 6.45) is 6.01. The molecule has 9 heteroatoms. The fraction of sp³-hybridized carbons (Fsp3) is 0.286. The average molecular weight is 496 g/mol. The Labute approximate surface area is 217 Å². The second kappa shape index (κ2) is 11.6. The first-order valence-corrected chi connectivity index (χ1v) is 12.2. The van der Waals surface area contributed by atoms with Crippen LogP contribution in [0.4, 0.5) is 0 Å². The highest BCUT2D eigenvalue weighted by molar-refractivity contribution is 6.73. The van der Waals surface area contributed by atoms with Crippen molar-refractivity contribution in [3.63, 3.8) is 0 Å². The van der Waals surface area contributed by atoms with Gasteiger partial charge >= 0.3 is 6.92 Å². The van der Waals surface area contributed by atoms with Crippen molar-refractivity contribution in [2.24, 2.45) is 0 Å². The number of carbonyl (C=O) groups excluding carboxylic acids is 2. The first-order valence-electron chi connectivity index (χ1n) is 12.2. The van der Waals surface area contributed by atoms with Gasteiger partial charge in [-0.25, -0.2) is 0 Å². The van der Waals surface area contributed by atoms with Crippen LogP contribution in [0, 0.1) is 0 Å². The van der Waals surface area contributed by atoms with Gasteiger partial charge < -0.3 is 13.7 Å². The lowest BCUT2D eigenvalue weighted by atomic mass is 9.48. The van der Waals surface area contributed by atoms with Crippen molar-refractivity contribution in [2.45, 2.75) is 53.3 Å². The molecule has 0 aliphatic carbocycles. The van der Waals surface area contributed by atoms with Gasteiger partial charge in [-0.2, -0.15) is 0 Å². The number of hydrogen-bond donors (Lipinski definition) is 0. The molecule has 7 nitrogen and oxygen atoms in total. The topological polar surface area (TPSA) is 95.4 Å². The highest BCUT2D eigenvalue weighted by Crippen LogP contribution is 2.17. The highest BCUT2D eigenvalue weighted by Gasteiger charge is 2.24. The number of ketones is 2. The van der Waals surface area contributed by atoms with Crippen LogP contribution in [0.1, 0.15) is 50.7 Å². The first-order chi connectivity index (χ1) is 17.5. The second-order valence-corrected chi connectivity index (χ2v) is 9.42. The number of aromatic nitrogens is 2. The second-order valence-electron chi connectivity index (χ2n) is 9.42. The molecule has 0 N–H and O–H groups in total. The molecule has 0 bridgehead atoms. The minimum Gasteiger partial charge on any atom is -0.427 e. The lowest BCUT2D eigenvalue weighted by Gasteiger charge is -2.05. The molecule has 0 amide bonds. The number of aryl methyl sites for hydroxylation is 1. The van der Waals surface area contributed by atoms with E-state index in [2.05, 4.69) is 35.3 Å². The zero-order chi connectivity index (χ0) is 25.1. The molecule has 2 aromatic carbocycles. The summed E-state index contributed by atoms with van der Waals surface area (Å²) >= 11 is 0. The van der Waals surface area contributed by atoms with Crippen molar-refractivity contribution in [1.82, 2.24) is 10.3 Å². The van der Waals surface area contributed by atoms with Crippen molar-refractivity contribution in [3.8, 4) is 0 Å². The Balaban J connectivity index is 0.000000168. The lowest BCUT2D eigenvalue weighted by molar-refractivity contribution is 0.0955. The number of hydrogen-bond acceptors (Lipinski definition) is 7. The van der Waals surface area contributed by atoms with E-state index in [1.165, 1.54) is 40.8 Å². The molecule has 0 unspecified atom stereocenters. The van der Waals surface area contributed by atoms with Gasteiger partial charge in [-0.05, 0) is 28.6 Å². The summed E-state index contributed by atoms with van der Waals surface area (Å²) in [5, 5.41) is 7.21. The van der Waals surface area contributed by atoms with E-state index in [9.17, 15) is 9.59 Å². The molecule has 0 atom stereocenters. The fourth-order valence-electron chi connectivity index (χ4n) is 4.80. The zero-order valence-corrected chi connectivity index (χ0v) is 20.4. The predicted octanol–water partition coefficient (Wildman–Crippen LogP) is 4.08. The third kappa shape index (κ3) is 6.00. The Morgan fingerprint density at radius 1 is 0.919 bits per heavy atom. The number of nitrogens with zero attached hydrogens (tertiary/aromatic N) is 2. The Morgan fingerprint density at radius 3 is 2.35 bits per heavy atom. The largest absolute Gasteiger partial charge is 0.427 e. The molecule has 2 aromatic heterocycles. The van der Waals surface area contributed by atoms with E-state index in [1.807, 2.05) is 25.0 Å². The molecular formula is C28H30B2N2O5. The van der Waals surface area contributed by atoms with Crippen molar-refractivity contribution < 1.29 is 23.3 Å². The number of fused-ring (bicyclic) bond motifs is 2. The van der Waals surface area contributed by atoms with Crippen LogP contribution in [0.2, 0.25) is 20.0 Å². The molecule has 0 fully saturated rings. The van der Waals surface area contributed by atoms with Gasteiger partial charge in [0.25, 0.3) is 0 Å². The summed E-state index contributed by atoms with van der Waals surface area (Å²) < 4.78 is 15.1. The molecule has 2 aliphatic heterocycles. The van der Waals surface area contributed by atoms with Gasteiger partial charge in [-0.1, -0.05) is 85.1 Å². The minimum absolute atomic E-state index is 0. The smallest absolute Gasteiger partial charge is 0.324 e. The van der Waals surface area contributed by atoms with Crippen LogP contribution in [-0.4, -0.2) is 35.5 Å². The van der Waals surface area contributed by atoms with E-state index < -0.39 is 0 Å². The molecule has 4 aromatic rings. The van der Waals surface area contributed by atoms with Gasteiger partial charge in [-0.3, -0.25) is 9.59 Å². The van der Waals surface area contributed by atoms with Gasteiger partial charge in [0.1, 0.15) is 12.0 Å². The van der Waals surface area contributed by atoms with Gasteiger partial charge in [0.2, 0.25) is 11.5 Å². The maximum Gasteiger partial charge on any atom is 0.324 e. The Kier molecular flexibility index (Phi) is 8.24. The molecule has 0 saturated heterocycles. The van der Waals surface area contributed by atoms with E-state index in [4.69, 9.17) is 13.7 Å². The molecule has 6 rings (SSSR count). The molecular weight excluding hydrogens is 466 g/mol. The lowest BCUT2D eigenvalue weighted by Crippen LogP contribution is -2.24. The monoisotopic (exact) mass is 496 g/mol. The molecule has 37 heavy (non-hydrogen) atoms. The number of Topliss-reactive ketones (excluding diaryl/α,β-unsaturated/α-hetero) is 2. The van der Waals surface area contributed by atoms with Crippen LogP contribution in [0.5, 0.6) is 0 Å². The van der Waals surface area contributed by atoms with Crippen LogP contribution in [0.15, 0.2) is 70.0 Å². The summed E-state index contributed by atoms with van der Waals surface area (Å²) in [7, 11) is 0. The van der Waals surface area contributed by atoms with Crippen molar-refractivity contribution in [2.75, 3.05) is 0 Å². The highest BCUT2D eigenvalue weighted by atomic mass is 16.5. The van der Waals surface area contributed by atoms with Gasteiger partial charge in [0.05, 0.1) is 12.8 Å². The van der Waals surface area contributed by atoms with E-state index >= 15 is 0 Å². The summed E-state index contributed by atoms with van der Waals surface area (Å²) in [6, 6.07) is 15.6. The maximum absolute atomic E-state index is 11.9. The van der Waals surface area contributed by atoms with Gasteiger partial charge in [0, 0.05) is 25.0 Å². The third-order valence-electron chi connectivity index (χ3n) is 6.89. The third-order valence-corrected chi connectivity index (χ3v) is 6.89. The van der Waals surface area contributed by atoms with Crippen LogP contribution in [-0.2, 0) is 30.5 Å². The van der Waals surface area contributed by atoms with E-state index in [1.54, 1.807) is 12.1 Å². The maximum atomic E-state index is 11.9. The van der Waals surface area contributed by atoms with Crippen molar-refractivity contribution in [1.29, 1.82) is 0 Å². The van der Waals surface area contributed by atoms with Crippen LogP contribution in [0.25, 0.3) is 0 Å². The summed E-state index contributed by atoms with van der Waals surface area (Å²) in [4.78, 5) is 23.8. The standard InChI is InChI=1S/C14H14BNO2.C13H12BNO3.CH4/c1-15-6-4-11-3-2-10(8-12(11)15)9-14(17)13-5-7-18-16-13;1-14-11-6-9(2-3-10(11)8-17-14)7-12(16)13-4-5-15-18-13;/h2-3,5,7-8H,4,6,9H2,1H3;2-6H,7-8H2,1H3;1H4. The molecule has 188 valence electrons. The molecule has 0 saturated carbocycles. The minimum atomic E-state index is -0.0565. The number of benzene rings is 2. The summed E-state index contributed by atoms with van der Waals surface area (Å²) in [5.41, 5.74) is 7.67. The van der Waals surface area contributed by atoms with Crippen LogP contribution in [0.3, 0.4) is 0 Å². The summed E-state index contributed by atoms with van der Waals surface area (Å²) in [5.74, 6) is 0.258. The average Bonchev–Trinajstić information content (AvgIpc) is 3.69. The molecule has 0 spiro atoms. The SMILES string of the molecule is C.CB1CCc2ccc(CC(=O)c3ccon3)cc21.CB1OCc2ccc(CC(=O)c3ccno3)cc21. The van der Waals surface area contributed by atoms with Crippen LogP contribution < -0.4 is 10.9 Å². The Morgan fingerprint density at radius 2 is 1.65 bits per heavy atom. The van der Waals surface area contributed by atoms with Crippen molar-refractivity contribution in [3.05, 3.63) is 94.7 Å². The number of carbonyl (C=O) groups is 2. The molecule has 2 aliphatic rings. The number of rotatable bonds is 6. The van der Waals surface area contributed by atoms with E-state index in [-0.39, 0.29) is 25.9 Å². The van der Waals surface area contributed by atoms with Crippen LogP contribution >= 0.6 is 0 Å². The van der Waals surface area contributed by atoms with Gasteiger partial charge in [-0.15, -0.1) is 0 Å². The summed E-state index contributed by atoms with van der Waals surface area (Å²) in [6.45, 7) is 5.65. The molecule has 0 radical (unpaired) electrons. The normalized spacial score (nSPS) is 13.4. The Bertz CT molecular complexity index is 1260. The molecule has 4 heterocycles.